The average Bonchev–Trinajstić information content (AvgIpc) is 2.96. The van der Waals surface area contributed by atoms with E-state index >= 15 is 0 Å². The van der Waals surface area contributed by atoms with Gasteiger partial charge in [-0.1, -0.05) is 11.2 Å². The number of benzene rings is 1. The maximum Gasteiger partial charge on any atom is 0.191 e. The number of nitrogens with zero attached hydrogens (tertiary/aromatic N) is 2. The van der Waals surface area contributed by atoms with Gasteiger partial charge in [0, 0.05) is 24.7 Å². The summed E-state index contributed by atoms with van der Waals surface area (Å²) in [5, 5.41) is 9.81. The topological polar surface area (TPSA) is 62.5 Å². The molecule has 2 N–H and O–H groups in total. The molecule has 1 unspecified atom stereocenters. The minimum atomic E-state index is -0.600. The molecular weight excluding hydrogens is 278 g/mol. The van der Waals surface area contributed by atoms with Crippen LogP contribution in [0.4, 0.5) is 8.78 Å². The Balaban J connectivity index is 1.97. The Bertz CT molecular complexity index is 613. The second-order valence-electron chi connectivity index (χ2n) is 4.45. The van der Waals surface area contributed by atoms with Gasteiger partial charge in [-0.3, -0.25) is 4.99 Å². The van der Waals surface area contributed by atoms with E-state index in [9.17, 15) is 8.78 Å². The molecular formula is C14H16F2N4O. The monoisotopic (exact) mass is 294 g/mol. The Labute approximate surface area is 121 Å². The predicted octanol–water partition coefficient (Wildman–Crippen LogP) is 2.38. The molecule has 2 rings (SSSR count). The zero-order valence-electron chi connectivity index (χ0n) is 11.7. The molecule has 1 heterocycles. The lowest BCUT2D eigenvalue weighted by Crippen LogP contribution is -2.38. The summed E-state index contributed by atoms with van der Waals surface area (Å²) in [7, 11) is 1.60. The number of guanidine groups is 1. The van der Waals surface area contributed by atoms with E-state index in [1.807, 2.05) is 0 Å². The molecule has 0 aliphatic heterocycles. The Morgan fingerprint density at radius 2 is 2.19 bits per heavy atom. The van der Waals surface area contributed by atoms with Gasteiger partial charge in [0.15, 0.2) is 5.96 Å². The van der Waals surface area contributed by atoms with Crippen LogP contribution in [0.25, 0.3) is 0 Å². The maximum absolute atomic E-state index is 13.7. The molecule has 7 heteroatoms. The lowest BCUT2D eigenvalue weighted by atomic mass is 10.1. The van der Waals surface area contributed by atoms with Crippen LogP contribution in [-0.4, -0.2) is 18.2 Å². The molecule has 1 atom stereocenters. The van der Waals surface area contributed by atoms with Crippen LogP contribution in [-0.2, 0) is 6.54 Å². The maximum atomic E-state index is 13.7. The van der Waals surface area contributed by atoms with Crippen molar-refractivity contribution in [3.8, 4) is 0 Å². The van der Waals surface area contributed by atoms with Gasteiger partial charge >= 0.3 is 0 Å². The van der Waals surface area contributed by atoms with Gasteiger partial charge in [0.05, 0.1) is 12.6 Å². The highest BCUT2D eigenvalue weighted by Gasteiger charge is 2.13. The summed E-state index contributed by atoms with van der Waals surface area (Å²) in [6, 6.07) is 4.85. The predicted molar refractivity (Wildman–Crippen MR) is 74.6 cm³/mol. The van der Waals surface area contributed by atoms with Crippen molar-refractivity contribution in [2.45, 2.75) is 19.5 Å². The van der Waals surface area contributed by atoms with Crippen molar-refractivity contribution in [2.75, 3.05) is 7.05 Å². The van der Waals surface area contributed by atoms with Crippen molar-refractivity contribution in [3.05, 3.63) is 53.4 Å². The van der Waals surface area contributed by atoms with Crippen molar-refractivity contribution >= 4 is 5.96 Å². The van der Waals surface area contributed by atoms with Crippen LogP contribution in [0.2, 0.25) is 0 Å². The molecule has 21 heavy (non-hydrogen) atoms. The third kappa shape index (κ3) is 4.01. The fraction of sp³-hybridized carbons (Fsp3) is 0.286. The van der Waals surface area contributed by atoms with Crippen LogP contribution >= 0.6 is 0 Å². The molecule has 0 saturated heterocycles. The summed E-state index contributed by atoms with van der Waals surface area (Å²) in [6.07, 6.45) is 1.48. The Kier molecular flexibility index (Phi) is 4.86. The first kappa shape index (κ1) is 15.0. The van der Waals surface area contributed by atoms with E-state index in [2.05, 4.69) is 20.8 Å². The van der Waals surface area contributed by atoms with Gasteiger partial charge in [0.25, 0.3) is 0 Å². The normalized spacial score (nSPS) is 13.0. The first-order valence-electron chi connectivity index (χ1n) is 6.41. The minimum Gasteiger partial charge on any atom is -0.364 e. The highest BCUT2D eigenvalue weighted by molar-refractivity contribution is 5.80. The van der Waals surface area contributed by atoms with Gasteiger partial charge in [0.2, 0.25) is 0 Å². The molecule has 0 amide bonds. The molecule has 0 radical (unpaired) electrons. The van der Waals surface area contributed by atoms with Gasteiger partial charge < -0.3 is 15.2 Å². The highest BCUT2D eigenvalue weighted by Crippen LogP contribution is 2.17. The zero-order chi connectivity index (χ0) is 15.2. The minimum absolute atomic E-state index is 0.362. The molecule has 2 aromatic rings. The zero-order valence-corrected chi connectivity index (χ0v) is 11.7. The lowest BCUT2D eigenvalue weighted by molar-refractivity contribution is 0.410. The van der Waals surface area contributed by atoms with Gasteiger partial charge in [-0.2, -0.15) is 0 Å². The van der Waals surface area contributed by atoms with Crippen LogP contribution in [0.3, 0.4) is 0 Å². The number of hydrogen-bond acceptors (Lipinski definition) is 3. The molecule has 0 fully saturated rings. The van der Waals surface area contributed by atoms with Crippen LogP contribution in [0.5, 0.6) is 0 Å². The molecule has 112 valence electrons. The standard InChI is InChI=1S/C14H16F2N4O/c1-9(12-4-3-10(15)7-13(12)16)19-14(17-2)18-8-11-5-6-21-20-11/h3-7,9H,8H2,1-2H3,(H2,17,18,19). The fourth-order valence-corrected chi connectivity index (χ4v) is 1.83. The summed E-state index contributed by atoms with van der Waals surface area (Å²) in [4.78, 5) is 4.04. The van der Waals surface area contributed by atoms with Crippen LogP contribution in [0, 0.1) is 11.6 Å². The summed E-state index contributed by atoms with van der Waals surface area (Å²) < 4.78 is 31.3. The molecule has 1 aromatic heterocycles. The second-order valence-corrected chi connectivity index (χ2v) is 4.45. The summed E-state index contributed by atoms with van der Waals surface area (Å²) >= 11 is 0. The summed E-state index contributed by atoms with van der Waals surface area (Å²) in [5.74, 6) is -0.715. The van der Waals surface area contributed by atoms with Crippen LogP contribution in [0.1, 0.15) is 24.2 Å². The Hall–Kier alpha value is -2.44. The lowest BCUT2D eigenvalue weighted by Gasteiger charge is -2.18. The van der Waals surface area contributed by atoms with Crippen LogP contribution in [0.15, 0.2) is 40.0 Å². The first-order chi connectivity index (χ1) is 10.1. The van der Waals surface area contributed by atoms with Crippen LogP contribution < -0.4 is 10.6 Å². The highest BCUT2D eigenvalue weighted by atomic mass is 19.1. The van der Waals surface area contributed by atoms with E-state index in [4.69, 9.17) is 4.52 Å². The molecule has 0 aliphatic rings. The fourth-order valence-electron chi connectivity index (χ4n) is 1.83. The van der Waals surface area contributed by atoms with Crippen molar-refractivity contribution in [1.29, 1.82) is 0 Å². The Morgan fingerprint density at radius 3 is 2.81 bits per heavy atom. The molecule has 0 spiro atoms. The molecule has 0 saturated carbocycles. The average molecular weight is 294 g/mol. The second kappa shape index (κ2) is 6.83. The van der Waals surface area contributed by atoms with Gasteiger partial charge in [-0.05, 0) is 13.0 Å². The summed E-state index contributed by atoms with van der Waals surface area (Å²) in [6.45, 7) is 2.19. The van der Waals surface area contributed by atoms with E-state index in [1.54, 1.807) is 20.0 Å². The number of hydrogen-bond donors (Lipinski definition) is 2. The Morgan fingerprint density at radius 1 is 1.38 bits per heavy atom. The van der Waals surface area contributed by atoms with E-state index in [1.165, 1.54) is 18.4 Å². The van der Waals surface area contributed by atoms with E-state index in [0.717, 1.165) is 11.8 Å². The van der Waals surface area contributed by atoms with E-state index in [-0.39, 0.29) is 6.04 Å². The molecule has 5 nitrogen and oxygen atoms in total. The number of aliphatic imine (C=N–C) groups is 1. The van der Waals surface area contributed by atoms with Gasteiger partial charge in [0.1, 0.15) is 23.6 Å². The third-order valence-corrected chi connectivity index (χ3v) is 2.93. The van der Waals surface area contributed by atoms with Crippen molar-refractivity contribution in [1.82, 2.24) is 15.8 Å². The van der Waals surface area contributed by atoms with Crippen molar-refractivity contribution in [2.24, 2.45) is 4.99 Å². The van der Waals surface area contributed by atoms with Gasteiger partial charge in [-0.25, -0.2) is 8.78 Å². The van der Waals surface area contributed by atoms with Crippen molar-refractivity contribution < 1.29 is 13.3 Å². The molecule has 0 aliphatic carbocycles. The first-order valence-corrected chi connectivity index (χ1v) is 6.41. The smallest absolute Gasteiger partial charge is 0.191 e. The molecule has 0 bridgehead atoms. The number of halogens is 2. The third-order valence-electron chi connectivity index (χ3n) is 2.93. The quantitative estimate of drug-likeness (QED) is 0.671. The number of rotatable bonds is 4. The molecule has 1 aromatic carbocycles. The summed E-state index contributed by atoms with van der Waals surface area (Å²) in [5.41, 5.74) is 1.08. The van der Waals surface area contributed by atoms with Gasteiger partial charge in [-0.15, -0.1) is 0 Å². The van der Waals surface area contributed by atoms with E-state index in [0.29, 0.717) is 18.1 Å². The van der Waals surface area contributed by atoms with E-state index < -0.39 is 11.6 Å². The number of nitrogens with one attached hydrogen (secondary N) is 2. The largest absolute Gasteiger partial charge is 0.364 e. The SMILES string of the molecule is CN=C(NCc1ccon1)NC(C)c1ccc(F)cc1F. The number of aromatic nitrogens is 1. The van der Waals surface area contributed by atoms with Crippen molar-refractivity contribution in [3.63, 3.8) is 0 Å².